The molecule has 0 aliphatic heterocycles. The maximum Gasteiger partial charge on any atom is 0.291 e. The molecule has 4 rings (SSSR count). The Labute approximate surface area is 216 Å². The average Bonchev–Trinajstić information content (AvgIpc) is 3.40. The summed E-state index contributed by atoms with van der Waals surface area (Å²) < 4.78 is 5.90. The van der Waals surface area contributed by atoms with E-state index in [1.807, 2.05) is 60.7 Å². The molecule has 0 aliphatic rings. The van der Waals surface area contributed by atoms with Crippen LogP contribution in [0.5, 0.6) is 0 Å². The quantitative estimate of drug-likeness (QED) is 0.184. The standard InChI is InChI=1S/C30H29N3O4/c1-22(31-20-8-11-23-9-4-2-5-10-23)28(24-14-16-26(17-15-24)33(35)36)21-27-18-19-29(37-27)30(34)32-25-12-6-3-7-13-25/h2-19,22,28,31H,20-21H2,1H3,(H,32,34)/b11-8+/t22-,28+/m1/s1. The van der Waals surface area contributed by atoms with Crippen molar-refractivity contribution in [1.29, 1.82) is 0 Å². The summed E-state index contributed by atoms with van der Waals surface area (Å²) in [6, 6.07) is 29.4. The Balaban J connectivity index is 1.47. The summed E-state index contributed by atoms with van der Waals surface area (Å²) in [5.41, 5.74) is 2.81. The molecule has 0 aliphatic carbocycles. The van der Waals surface area contributed by atoms with Gasteiger partial charge in [-0.3, -0.25) is 14.9 Å². The molecule has 2 N–H and O–H groups in total. The smallest absolute Gasteiger partial charge is 0.291 e. The molecule has 1 heterocycles. The van der Waals surface area contributed by atoms with Crippen molar-refractivity contribution in [2.45, 2.75) is 25.3 Å². The zero-order valence-electron chi connectivity index (χ0n) is 20.5. The van der Waals surface area contributed by atoms with Gasteiger partial charge in [-0.05, 0) is 42.3 Å². The number of carbonyl (C=O) groups excluding carboxylic acids is 1. The number of hydrogen-bond donors (Lipinski definition) is 2. The molecule has 0 unspecified atom stereocenters. The number of anilines is 1. The van der Waals surface area contributed by atoms with Crippen LogP contribution in [0.1, 0.15) is 40.3 Å². The van der Waals surface area contributed by atoms with Gasteiger partial charge in [0.2, 0.25) is 0 Å². The van der Waals surface area contributed by atoms with Crippen molar-refractivity contribution in [1.82, 2.24) is 5.32 Å². The topological polar surface area (TPSA) is 97.4 Å². The van der Waals surface area contributed by atoms with Crippen LogP contribution in [-0.2, 0) is 6.42 Å². The summed E-state index contributed by atoms with van der Waals surface area (Å²) in [4.78, 5) is 23.3. The Morgan fingerprint density at radius 3 is 2.30 bits per heavy atom. The number of para-hydroxylation sites is 1. The van der Waals surface area contributed by atoms with Gasteiger partial charge in [-0.1, -0.05) is 72.8 Å². The number of nitrogens with zero attached hydrogens (tertiary/aromatic N) is 1. The minimum Gasteiger partial charge on any atom is -0.456 e. The molecule has 1 amide bonds. The van der Waals surface area contributed by atoms with Gasteiger partial charge in [0, 0.05) is 42.7 Å². The fourth-order valence-corrected chi connectivity index (χ4v) is 4.12. The highest BCUT2D eigenvalue weighted by Gasteiger charge is 2.23. The number of amides is 1. The molecule has 4 aromatic rings. The van der Waals surface area contributed by atoms with Gasteiger partial charge >= 0.3 is 0 Å². The second-order valence-corrected chi connectivity index (χ2v) is 8.76. The molecule has 0 saturated heterocycles. The van der Waals surface area contributed by atoms with Crippen molar-refractivity contribution in [3.8, 4) is 0 Å². The van der Waals surface area contributed by atoms with Gasteiger partial charge in [0.25, 0.3) is 11.6 Å². The zero-order chi connectivity index (χ0) is 26.0. The number of furan rings is 1. The number of rotatable bonds is 11. The molecule has 37 heavy (non-hydrogen) atoms. The first-order valence-corrected chi connectivity index (χ1v) is 12.1. The fraction of sp³-hybridized carbons (Fsp3) is 0.167. The van der Waals surface area contributed by atoms with E-state index in [0.717, 1.165) is 11.1 Å². The highest BCUT2D eigenvalue weighted by Crippen LogP contribution is 2.27. The van der Waals surface area contributed by atoms with Gasteiger partial charge in [-0.15, -0.1) is 0 Å². The lowest BCUT2D eigenvalue weighted by molar-refractivity contribution is -0.384. The maximum absolute atomic E-state index is 12.6. The van der Waals surface area contributed by atoms with Crippen LogP contribution in [0, 0.1) is 10.1 Å². The molecule has 0 bridgehead atoms. The third kappa shape index (κ3) is 7.25. The van der Waals surface area contributed by atoms with Gasteiger partial charge in [0.15, 0.2) is 5.76 Å². The average molecular weight is 496 g/mol. The van der Waals surface area contributed by atoms with Crippen LogP contribution < -0.4 is 10.6 Å². The van der Waals surface area contributed by atoms with Gasteiger partial charge in [-0.2, -0.15) is 0 Å². The molecule has 3 aromatic carbocycles. The molecule has 0 spiro atoms. The van der Waals surface area contributed by atoms with Crippen molar-refractivity contribution >= 4 is 23.4 Å². The minimum absolute atomic E-state index is 0.0218. The largest absolute Gasteiger partial charge is 0.456 e. The Bertz CT molecular complexity index is 1330. The molecule has 7 nitrogen and oxygen atoms in total. The molecule has 188 valence electrons. The van der Waals surface area contributed by atoms with Crippen LogP contribution in [0.4, 0.5) is 11.4 Å². The fourth-order valence-electron chi connectivity index (χ4n) is 4.12. The number of hydrogen-bond acceptors (Lipinski definition) is 5. The first-order valence-electron chi connectivity index (χ1n) is 12.1. The van der Waals surface area contributed by atoms with Gasteiger partial charge in [0.1, 0.15) is 5.76 Å². The van der Waals surface area contributed by atoms with E-state index in [-0.39, 0.29) is 29.3 Å². The van der Waals surface area contributed by atoms with Gasteiger partial charge in [0.05, 0.1) is 4.92 Å². The molecule has 2 atom stereocenters. The van der Waals surface area contributed by atoms with Crippen LogP contribution in [0.3, 0.4) is 0 Å². The van der Waals surface area contributed by atoms with Crippen molar-refractivity contribution in [2.75, 3.05) is 11.9 Å². The van der Waals surface area contributed by atoms with Gasteiger partial charge in [-0.25, -0.2) is 0 Å². The molecular weight excluding hydrogens is 466 g/mol. The van der Waals surface area contributed by atoms with E-state index in [2.05, 4.69) is 29.7 Å². The molecule has 0 fully saturated rings. The second kappa shape index (κ2) is 12.5. The van der Waals surface area contributed by atoms with E-state index in [0.29, 0.717) is 24.4 Å². The molecule has 7 heteroatoms. The predicted molar refractivity (Wildman–Crippen MR) is 146 cm³/mol. The van der Waals surface area contributed by atoms with Crippen molar-refractivity contribution in [3.05, 3.63) is 136 Å². The Morgan fingerprint density at radius 1 is 0.946 bits per heavy atom. The first-order chi connectivity index (χ1) is 18.0. The Morgan fingerprint density at radius 2 is 1.62 bits per heavy atom. The second-order valence-electron chi connectivity index (χ2n) is 8.76. The number of benzene rings is 3. The number of nitrogens with one attached hydrogen (secondary N) is 2. The van der Waals surface area contributed by atoms with Crippen LogP contribution in [0.2, 0.25) is 0 Å². The molecule has 0 saturated carbocycles. The molecular formula is C30H29N3O4. The summed E-state index contributed by atoms with van der Waals surface area (Å²) in [5, 5.41) is 17.5. The monoisotopic (exact) mass is 495 g/mol. The van der Waals surface area contributed by atoms with Gasteiger partial charge < -0.3 is 15.1 Å². The maximum atomic E-state index is 12.6. The van der Waals surface area contributed by atoms with Crippen molar-refractivity contribution < 1.29 is 14.1 Å². The first kappa shape index (κ1) is 25.6. The minimum atomic E-state index is -0.404. The number of nitro benzene ring substituents is 1. The van der Waals surface area contributed by atoms with Crippen LogP contribution in [0.15, 0.2) is 108 Å². The summed E-state index contributed by atoms with van der Waals surface area (Å²) in [5.74, 6) is 0.534. The van der Waals surface area contributed by atoms with Crippen molar-refractivity contribution in [3.63, 3.8) is 0 Å². The van der Waals surface area contributed by atoms with E-state index in [1.165, 1.54) is 12.1 Å². The summed E-state index contributed by atoms with van der Waals surface area (Å²) >= 11 is 0. The molecule has 1 aromatic heterocycles. The lowest BCUT2D eigenvalue weighted by atomic mass is 9.88. The van der Waals surface area contributed by atoms with Crippen LogP contribution >= 0.6 is 0 Å². The number of non-ortho nitro benzene ring substituents is 1. The van der Waals surface area contributed by atoms with E-state index in [1.54, 1.807) is 24.3 Å². The van der Waals surface area contributed by atoms with E-state index >= 15 is 0 Å². The number of nitro groups is 1. The normalized spacial score (nSPS) is 12.8. The SMILES string of the molecule is C[C@@H](NC/C=C/c1ccccc1)[C@H](Cc1ccc(C(=O)Nc2ccccc2)o1)c1ccc([N+](=O)[O-])cc1. The Hall–Kier alpha value is -4.49. The Kier molecular flexibility index (Phi) is 8.62. The number of carbonyl (C=O) groups is 1. The summed E-state index contributed by atoms with van der Waals surface area (Å²) in [6.45, 7) is 2.73. The van der Waals surface area contributed by atoms with Crippen molar-refractivity contribution in [2.24, 2.45) is 0 Å². The lowest BCUT2D eigenvalue weighted by Crippen LogP contribution is -2.33. The third-order valence-corrected chi connectivity index (χ3v) is 6.14. The van der Waals surface area contributed by atoms with E-state index in [9.17, 15) is 14.9 Å². The molecule has 0 radical (unpaired) electrons. The van der Waals surface area contributed by atoms with E-state index < -0.39 is 4.92 Å². The summed E-state index contributed by atoms with van der Waals surface area (Å²) in [6.07, 6.45) is 4.65. The predicted octanol–water partition coefficient (Wildman–Crippen LogP) is 6.46. The van der Waals surface area contributed by atoms with Crippen LogP contribution in [-0.4, -0.2) is 23.4 Å². The third-order valence-electron chi connectivity index (χ3n) is 6.14. The summed E-state index contributed by atoms with van der Waals surface area (Å²) in [7, 11) is 0. The highest BCUT2D eigenvalue weighted by molar-refractivity contribution is 6.02. The lowest BCUT2D eigenvalue weighted by Gasteiger charge is -2.24. The van der Waals surface area contributed by atoms with E-state index in [4.69, 9.17) is 4.42 Å². The highest BCUT2D eigenvalue weighted by atomic mass is 16.6. The van der Waals surface area contributed by atoms with Crippen LogP contribution in [0.25, 0.3) is 6.08 Å². The zero-order valence-corrected chi connectivity index (χ0v) is 20.5.